The number of hydrogen-bond acceptors (Lipinski definition) is 8. The Morgan fingerprint density at radius 3 is 2.46 bits per heavy atom. The molecule has 0 saturated heterocycles. The molecule has 4 rings (SSSR count). The van der Waals surface area contributed by atoms with Crippen molar-refractivity contribution in [2.24, 2.45) is 0 Å². The van der Waals surface area contributed by atoms with Crippen LogP contribution in [0.4, 0.5) is 18.3 Å². The first-order valence-corrected chi connectivity index (χ1v) is 14.6. The lowest BCUT2D eigenvalue weighted by Crippen LogP contribution is -2.35. The van der Waals surface area contributed by atoms with Crippen molar-refractivity contribution >= 4 is 55.3 Å². The van der Waals surface area contributed by atoms with Crippen molar-refractivity contribution in [1.29, 1.82) is 0 Å². The minimum atomic E-state index is -4.60. The molecule has 0 saturated carbocycles. The molecule has 0 fully saturated rings. The molecule has 1 atom stereocenters. The van der Waals surface area contributed by atoms with Crippen LogP contribution in [0.3, 0.4) is 0 Å². The van der Waals surface area contributed by atoms with E-state index >= 15 is 0 Å². The van der Waals surface area contributed by atoms with Gasteiger partial charge in [0, 0.05) is 18.0 Å². The number of ether oxygens (including phenoxy) is 1. The van der Waals surface area contributed by atoms with Gasteiger partial charge in [-0.15, -0.1) is 21.5 Å². The van der Waals surface area contributed by atoms with Gasteiger partial charge in [0.1, 0.15) is 25.4 Å². The minimum absolute atomic E-state index is 0.00136. The third-order valence-electron chi connectivity index (χ3n) is 5.45. The first kappa shape index (κ1) is 27.6. The zero-order valence-corrected chi connectivity index (χ0v) is 23.0. The maximum atomic E-state index is 13.2. The predicted octanol–water partition coefficient (Wildman–Crippen LogP) is 5.49. The van der Waals surface area contributed by atoms with E-state index in [1.807, 2.05) is 13.8 Å². The highest BCUT2D eigenvalue weighted by Gasteiger charge is 2.36. The second kappa shape index (κ2) is 10.4. The smallest absolute Gasteiger partial charge is 0.425 e. The normalized spacial score (nSPS) is 15.6. The van der Waals surface area contributed by atoms with Crippen LogP contribution in [0.5, 0.6) is 5.75 Å². The van der Waals surface area contributed by atoms with E-state index in [4.69, 9.17) is 16.3 Å². The first-order chi connectivity index (χ1) is 17.3. The number of thiophene rings is 1. The van der Waals surface area contributed by atoms with E-state index in [1.54, 1.807) is 6.92 Å². The summed E-state index contributed by atoms with van der Waals surface area (Å²) in [6.07, 6.45) is -3.99. The summed E-state index contributed by atoms with van der Waals surface area (Å²) in [4.78, 5) is 11.6. The number of rotatable bonds is 8. The molecule has 200 valence electrons. The van der Waals surface area contributed by atoms with Crippen LogP contribution in [0.15, 0.2) is 23.1 Å². The van der Waals surface area contributed by atoms with E-state index in [-0.39, 0.29) is 44.6 Å². The van der Waals surface area contributed by atoms with E-state index in [9.17, 15) is 26.4 Å². The van der Waals surface area contributed by atoms with Gasteiger partial charge in [0.15, 0.2) is 0 Å². The Kier molecular flexibility index (Phi) is 7.75. The number of anilines is 1. The summed E-state index contributed by atoms with van der Waals surface area (Å²) in [5, 5.41) is 11.4. The summed E-state index contributed by atoms with van der Waals surface area (Å²) in [5.41, 5.74) is 1.39. The summed E-state index contributed by atoms with van der Waals surface area (Å²) in [6, 6.07) is 3.32. The van der Waals surface area contributed by atoms with Crippen LogP contribution >= 0.6 is 34.3 Å². The second-order valence-corrected chi connectivity index (χ2v) is 12.7. The fourth-order valence-corrected chi connectivity index (χ4v) is 7.24. The average molecular weight is 595 g/mol. The lowest BCUT2D eigenvalue weighted by atomic mass is 10.1. The number of sulfonamides is 1. The number of amides is 1. The van der Waals surface area contributed by atoms with E-state index < -0.39 is 33.0 Å². The molecule has 15 heteroatoms. The molecule has 2 N–H and O–H groups in total. The molecule has 0 radical (unpaired) electrons. The predicted molar refractivity (Wildman–Crippen MR) is 135 cm³/mol. The van der Waals surface area contributed by atoms with Gasteiger partial charge in [-0.3, -0.25) is 9.52 Å². The highest BCUT2D eigenvalue weighted by Crippen LogP contribution is 2.40. The Morgan fingerprint density at radius 2 is 1.86 bits per heavy atom. The van der Waals surface area contributed by atoms with Crippen LogP contribution < -0.4 is 14.8 Å². The van der Waals surface area contributed by atoms with E-state index in [0.717, 1.165) is 23.0 Å². The molecule has 3 aromatic rings. The van der Waals surface area contributed by atoms with Crippen molar-refractivity contribution in [2.45, 2.75) is 56.6 Å². The summed E-state index contributed by atoms with van der Waals surface area (Å²) in [7, 11) is -4.07. The minimum Gasteiger partial charge on any atom is -0.492 e. The zero-order valence-electron chi connectivity index (χ0n) is 19.8. The fourth-order valence-electron chi connectivity index (χ4n) is 3.79. The summed E-state index contributed by atoms with van der Waals surface area (Å²) >= 11 is 7.74. The lowest BCUT2D eigenvalue weighted by Gasteiger charge is -2.12. The lowest BCUT2D eigenvalue weighted by molar-refractivity contribution is -0.134. The van der Waals surface area contributed by atoms with E-state index in [1.165, 1.54) is 12.1 Å². The van der Waals surface area contributed by atoms with Gasteiger partial charge in [-0.25, -0.2) is 8.42 Å². The highest BCUT2D eigenvalue weighted by molar-refractivity contribution is 7.93. The summed E-state index contributed by atoms with van der Waals surface area (Å²) in [6.45, 7) is 5.54. The third kappa shape index (κ3) is 6.02. The molecular weight excluding hydrogens is 573 g/mol. The van der Waals surface area contributed by atoms with Crippen molar-refractivity contribution < 1.29 is 31.1 Å². The number of aromatic nitrogens is 2. The van der Waals surface area contributed by atoms with Crippen LogP contribution in [-0.4, -0.2) is 37.2 Å². The fraction of sp³-hybridized carbons (Fsp3) is 0.409. The van der Waals surface area contributed by atoms with E-state index in [0.29, 0.717) is 28.3 Å². The molecule has 1 aliphatic rings. The van der Waals surface area contributed by atoms with Gasteiger partial charge < -0.3 is 10.1 Å². The molecule has 1 aromatic carbocycles. The third-order valence-corrected chi connectivity index (χ3v) is 9.68. The molecule has 2 heterocycles. The molecule has 1 unspecified atom stereocenters. The van der Waals surface area contributed by atoms with Crippen molar-refractivity contribution in [1.82, 2.24) is 15.5 Å². The summed E-state index contributed by atoms with van der Waals surface area (Å²) in [5.74, 6) is -0.738. The van der Waals surface area contributed by atoms with Gasteiger partial charge in [-0.05, 0) is 43.0 Å². The Hall–Kier alpha value is -2.42. The van der Waals surface area contributed by atoms with Crippen LogP contribution in [0.2, 0.25) is 5.02 Å². The molecule has 0 aliphatic heterocycles. The van der Waals surface area contributed by atoms with Gasteiger partial charge in [0.05, 0.1) is 11.6 Å². The number of nitrogens with zero attached hydrogens (tertiary/aromatic N) is 2. The standard InChI is InChI=1S/C22H22ClF3N4O4S3/c1-4-34-15-9-17(22(24,25)26)35-18(15)19(31)27-13-5-11-7-14(23)16(8-12(11)6-13)37(32,33)30-21-29-28-20(36-21)10(2)3/h7-10,13H,4-6H2,1-3H3,(H,27,31)(H,29,30). The number of hydrogen-bond donors (Lipinski definition) is 2. The Balaban J connectivity index is 1.51. The molecule has 1 aliphatic carbocycles. The molecule has 0 bridgehead atoms. The van der Waals surface area contributed by atoms with Crippen LogP contribution in [0.1, 0.15) is 57.4 Å². The Labute approximate surface area is 224 Å². The van der Waals surface area contributed by atoms with Crippen LogP contribution in [0, 0.1) is 0 Å². The number of carbonyl (C=O) groups is 1. The van der Waals surface area contributed by atoms with Crippen LogP contribution in [-0.2, 0) is 29.0 Å². The van der Waals surface area contributed by atoms with Gasteiger partial charge in [0.25, 0.3) is 15.9 Å². The Bertz CT molecular complexity index is 1440. The first-order valence-electron chi connectivity index (χ1n) is 11.1. The van der Waals surface area contributed by atoms with Crippen molar-refractivity contribution in [2.75, 3.05) is 11.3 Å². The molecule has 8 nitrogen and oxygen atoms in total. The van der Waals surface area contributed by atoms with Gasteiger partial charge >= 0.3 is 6.18 Å². The van der Waals surface area contributed by atoms with Crippen molar-refractivity contribution in [3.05, 3.63) is 49.1 Å². The number of halogens is 4. The second-order valence-electron chi connectivity index (χ2n) is 8.57. The number of benzene rings is 1. The van der Waals surface area contributed by atoms with Crippen molar-refractivity contribution in [3.63, 3.8) is 0 Å². The number of fused-ring (bicyclic) bond motifs is 1. The largest absolute Gasteiger partial charge is 0.492 e. The summed E-state index contributed by atoms with van der Waals surface area (Å²) < 4.78 is 73.1. The molecule has 37 heavy (non-hydrogen) atoms. The quantitative estimate of drug-likeness (QED) is 0.357. The Morgan fingerprint density at radius 1 is 1.19 bits per heavy atom. The van der Waals surface area contributed by atoms with E-state index in [2.05, 4.69) is 20.2 Å². The molecule has 2 aromatic heterocycles. The van der Waals surface area contributed by atoms with Gasteiger partial charge in [-0.1, -0.05) is 36.8 Å². The number of alkyl halides is 3. The number of nitrogens with one attached hydrogen (secondary N) is 2. The molecular formula is C22H22ClF3N4O4S3. The average Bonchev–Trinajstić information content (AvgIpc) is 3.50. The molecule has 1 amide bonds. The topological polar surface area (TPSA) is 110 Å². The van der Waals surface area contributed by atoms with Gasteiger partial charge in [0.2, 0.25) is 5.13 Å². The maximum Gasteiger partial charge on any atom is 0.425 e. The maximum absolute atomic E-state index is 13.2. The monoisotopic (exact) mass is 594 g/mol. The zero-order chi connectivity index (χ0) is 27.1. The molecule has 0 spiro atoms. The number of carbonyl (C=O) groups excluding carboxylic acids is 1. The highest BCUT2D eigenvalue weighted by atomic mass is 35.5. The van der Waals surface area contributed by atoms with Gasteiger partial charge in [-0.2, -0.15) is 13.2 Å². The van der Waals surface area contributed by atoms with Crippen molar-refractivity contribution in [3.8, 4) is 5.75 Å². The van der Waals surface area contributed by atoms with Crippen LogP contribution in [0.25, 0.3) is 0 Å². The SMILES string of the molecule is CCOc1cc(C(F)(F)F)sc1C(=O)NC1Cc2cc(Cl)c(S(=O)(=O)Nc3nnc(C(C)C)s3)cc2C1.